The van der Waals surface area contributed by atoms with Crippen molar-refractivity contribution in [3.8, 4) is 5.69 Å². The van der Waals surface area contributed by atoms with Crippen LogP contribution in [0, 0.1) is 15.9 Å². The molecule has 198 valence electrons. The molecule has 0 amide bonds. The van der Waals surface area contributed by atoms with E-state index >= 15 is 0 Å². The molecule has 1 aliphatic heterocycles. The van der Waals surface area contributed by atoms with E-state index in [-0.39, 0.29) is 23.6 Å². The van der Waals surface area contributed by atoms with E-state index in [9.17, 15) is 14.5 Å². The number of rotatable bonds is 7. The van der Waals surface area contributed by atoms with Gasteiger partial charge in [0.15, 0.2) is 5.11 Å². The van der Waals surface area contributed by atoms with Gasteiger partial charge in [-0.1, -0.05) is 30.0 Å². The fourth-order valence-corrected chi connectivity index (χ4v) is 6.04. The number of benzene rings is 3. The molecule has 3 heterocycles. The zero-order valence-corrected chi connectivity index (χ0v) is 22.6. The first kappa shape index (κ1) is 25.7. The van der Waals surface area contributed by atoms with E-state index in [0.717, 1.165) is 26.9 Å². The molecule has 10 heteroatoms. The standard InChI is InChI=1S/C30H22FN5O2S2/c31-24-6-1-2-8-26(24)34-19-5-9-27(34)29-28(25-7-3-4-18-32-25)33-30(39)35(29)20-10-14-22(15-11-20)40-23-16-12-21(13-17-23)36(37)38/h1-19,28-29H,(H,33,39)/t28-,29+/m1/s1. The van der Waals surface area contributed by atoms with Crippen LogP contribution >= 0.6 is 24.0 Å². The molecule has 1 N–H and O–H groups in total. The van der Waals surface area contributed by atoms with Crippen LogP contribution in [-0.2, 0) is 0 Å². The van der Waals surface area contributed by atoms with Gasteiger partial charge in [-0.05, 0) is 85.0 Å². The van der Waals surface area contributed by atoms with Crippen LogP contribution in [0.15, 0.2) is 125 Å². The summed E-state index contributed by atoms with van der Waals surface area (Å²) in [5, 5.41) is 14.9. The summed E-state index contributed by atoms with van der Waals surface area (Å²) >= 11 is 7.36. The Morgan fingerprint density at radius 3 is 2.27 bits per heavy atom. The van der Waals surface area contributed by atoms with E-state index in [2.05, 4.69) is 10.3 Å². The molecule has 0 spiro atoms. The summed E-state index contributed by atoms with van der Waals surface area (Å²) in [6, 6.07) is 30.2. The van der Waals surface area contributed by atoms with Crippen LogP contribution in [0.25, 0.3) is 5.69 Å². The number of para-hydroxylation sites is 1. The molecule has 3 aromatic carbocycles. The number of hydrogen-bond donors (Lipinski definition) is 1. The van der Waals surface area contributed by atoms with Gasteiger partial charge in [-0.3, -0.25) is 15.1 Å². The number of aromatic nitrogens is 2. The van der Waals surface area contributed by atoms with Gasteiger partial charge in [0.25, 0.3) is 5.69 Å². The van der Waals surface area contributed by atoms with E-state index < -0.39 is 4.92 Å². The number of hydrogen-bond acceptors (Lipinski definition) is 5. The molecule has 0 bridgehead atoms. The van der Waals surface area contributed by atoms with Crippen molar-refractivity contribution in [2.45, 2.75) is 21.9 Å². The molecule has 1 aliphatic rings. The summed E-state index contributed by atoms with van der Waals surface area (Å²) in [7, 11) is 0. The van der Waals surface area contributed by atoms with Crippen LogP contribution in [0.5, 0.6) is 0 Å². The molecule has 2 atom stereocenters. The summed E-state index contributed by atoms with van der Waals surface area (Å²) in [4.78, 5) is 19.1. The molecule has 1 fully saturated rings. The summed E-state index contributed by atoms with van der Waals surface area (Å²) in [6.45, 7) is 0. The Labute approximate surface area is 239 Å². The zero-order valence-electron chi connectivity index (χ0n) is 20.9. The van der Waals surface area contributed by atoms with Crippen molar-refractivity contribution in [1.82, 2.24) is 14.9 Å². The van der Waals surface area contributed by atoms with Crippen molar-refractivity contribution in [3.05, 3.63) is 143 Å². The fraction of sp³-hybridized carbons (Fsp3) is 0.0667. The monoisotopic (exact) mass is 567 g/mol. The maximum Gasteiger partial charge on any atom is 0.269 e. The second kappa shape index (κ2) is 10.9. The number of nitrogens with one attached hydrogen (secondary N) is 1. The first-order valence-electron chi connectivity index (χ1n) is 12.4. The third-order valence-electron chi connectivity index (χ3n) is 6.69. The Bertz CT molecular complexity index is 1680. The van der Waals surface area contributed by atoms with Crippen LogP contribution in [0.3, 0.4) is 0 Å². The van der Waals surface area contributed by atoms with Crippen molar-refractivity contribution in [2.75, 3.05) is 4.90 Å². The van der Waals surface area contributed by atoms with E-state index in [1.54, 1.807) is 30.5 Å². The maximum atomic E-state index is 14.9. The normalized spacial score (nSPS) is 16.6. The zero-order chi connectivity index (χ0) is 27.6. The molecular weight excluding hydrogens is 545 g/mol. The molecule has 6 rings (SSSR count). The first-order valence-corrected chi connectivity index (χ1v) is 13.7. The molecule has 0 saturated carbocycles. The highest BCUT2D eigenvalue weighted by Gasteiger charge is 2.42. The highest BCUT2D eigenvalue weighted by molar-refractivity contribution is 7.99. The van der Waals surface area contributed by atoms with Crippen LogP contribution in [0.2, 0.25) is 0 Å². The third-order valence-corrected chi connectivity index (χ3v) is 8.02. The molecule has 2 aromatic heterocycles. The number of nitro groups is 1. The van der Waals surface area contributed by atoms with Crippen LogP contribution < -0.4 is 10.2 Å². The molecule has 7 nitrogen and oxygen atoms in total. The van der Waals surface area contributed by atoms with Crippen molar-refractivity contribution in [3.63, 3.8) is 0 Å². The minimum absolute atomic E-state index is 0.0587. The summed E-state index contributed by atoms with van der Waals surface area (Å²) < 4.78 is 16.8. The van der Waals surface area contributed by atoms with Gasteiger partial charge in [0.2, 0.25) is 0 Å². The molecule has 0 aliphatic carbocycles. The third kappa shape index (κ3) is 4.94. The summed E-state index contributed by atoms with van der Waals surface area (Å²) in [6.07, 6.45) is 3.60. The number of nitro benzene ring substituents is 1. The Morgan fingerprint density at radius 2 is 1.60 bits per heavy atom. The lowest BCUT2D eigenvalue weighted by atomic mass is 10.0. The van der Waals surface area contributed by atoms with Gasteiger partial charge >= 0.3 is 0 Å². The van der Waals surface area contributed by atoms with E-state index in [1.807, 2.05) is 76.3 Å². The van der Waals surface area contributed by atoms with Gasteiger partial charge in [-0.15, -0.1) is 0 Å². The molecule has 0 unspecified atom stereocenters. The smallest absolute Gasteiger partial charge is 0.269 e. The number of nitrogens with zero attached hydrogens (tertiary/aromatic N) is 4. The van der Waals surface area contributed by atoms with E-state index in [4.69, 9.17) is 12.2 Å². The Hall–Kier alpha value is -4.54. The summed E-state index contributed by atoms with van der Waals surface area (Å²) in [5.41, 5.74) is 3.06. The van der Waals surface area contributed by atoms with Crippen molar-refractivity contribution in [1.29, 1.82) is 0 Å². The topological polar surface area (TPSA) is 76.2 Å². The molecule has 40 heavy (non-hydrogen) atoms. The van der Waals surface area contributed by atoms with Gasteiger partial charge in [-0.2, -0.15) is 0 Å². The average Bonchev–Trinajstić information content (AvgIpc) is 3.59. The van der Waals surface area contributed by atoms with Crippen LogP contribution in [0.4, 0.5) is 15.8 Å². The second-order valence-electron chi connectivity index (χ2n) is 9.10. The first-order chi connectivity index (χ1) is 19.5. The Kier molecular flexibility index (Phi) is 7.02. The fourth-order valence-electron chi connectivity index (χ4n) is 4.88. The molecule has 5 aromatic rings. The predicted molar refractivity (Wildman–Crippen MR) is 157 cm³/mol. The molecule has 1 saturated heterocycles. The van der Waals surface area contributed by atoms with Crippen molar-refractivity contribution >= 4 is 40.5 Å². The van der Waals surface area contributed by atoms with Crippen molar-refractivity contribution in [2.24, 2.45) is 0 Å². The lowest BCUT2D eigenvalue weighted by Gasteiger charge is -2.29. The van der Waals surface area contributed by atoms with Crippen molar-refractivity contribution < 1.29 is 9.31 Å². The lowest BCUT2D eigenvalue weighted by molar-refractivity contribution is -0.384. The number of thiocarbonyl (C=S) groups is 1. The van der Waals surface area contributed by atoms with Crippen LogP contribution in [0.1, 0.15) is 23.5 Å². The van der Waals surface area contributed by atoms with Gasteiger partial charge in [0.05, 0.1) is 22.3 Å². The lowest BCUT2D eigenvalue weighted by Crippen LogP contribution is -2.30. The summed E-state index contributed by atoms with van der Waals surface area (Å²) in [5.74, 6) is -0.318. The number of halogens is 1. The van der Waals surface area contributed by atoms with E-state index in [0.29, 0.717) is 10.8 Å². The van der Waals surface area contributed by atoms with Gasteiger partial charge in [-0.25, -0.2) is 4.39 Å². The number of non-ortho nitro benzene ring substituents is 1. The number of pyridine rings is 1. The van der Waals surface area contributed by atoms with Crippen LogP contribution in [-0.4, -0.2) is 19.6 Å². The largest absolute Gasteiger partial charge is 0.351 e. The van der Waals surface area contributed by atoms with Gasteiger partial charge < -0.3 is 14.8 Å². The van der Waals surface area contributed by atoms with E-state index in [1.165, 1.54) is 30.0 Å². The maximum absolute atomic E-state index is 14.9. The SMILES string of the molecule is O=[N+]([O-])c1ccc(Sc2ccc(N3C(=S)N[C@H](c4ccccn4)[C@@H]3c3cccn3-c3ccccc3F)cc2)cc1. The molecule has 0 radical (unpaired) electrons. The average molecular weight is 568 g/mol. The quantitative estimate of drug-likeness (QED) is 0.126. The minimum atomic E-state index is -0.409. The molecular formula is C30H22FN5O2S2. The number of anilines is 1. The Morgan fingerprint density at radius 1 is 0.900 bits per heavy atom. The van der Waals surface area contributed by atoms with Gasteiger partial charge in [0, 0.05) is 45.7 Å². The second-order valence-corrected chi connectivity index (χ2v) is 10.6. The highest BCUT2D eigenvalue weighted by atomic mass is 32.2. The Balaban J connectivity index is 1.36. The minimum Gasteiger partial charge on any atom is -0.351 e. The van der Waals surface area contributed by atoms with Gasteiger partial charge in [0.1, 0.15) is 11.9 Å². The highest BCUT2D eigenvalue weighted by Crippen LogP contribution is 2.43. The predicted octanol–water partition coefficient (Wildman–Crippen LogP) is 7.25.